The molecule has 2 N–H and O–H groups in total. The maximum absolute atomic E-state index is 11.7. The normalized spacial score (nSPS) is 9.47. The van der Waals surface area contributed by atoms with Gasteiger partial charge in [0.05, 0.1) is 12.8 Å². The van der Waals surface area contributed by atoms with E-state index in [2.05, 4.69) is 10.6 Å². The molecule has 0 fully saturated rings. The van der Waals surface area contributed by atoms with Crippen LogP contribution in [0, 0.1) is 0 Å². The Morgan fingerprint density at radius 1 is 1.16 bits per heavy atom. The Balaban J connectivity index is 2.99. The maximum Gasteiger partial charge on any atom is 0.248 e. The van der Waals surface area contributed by atoms with Gasteiger partial charge in [-0.3, -0.25) is 9.59 Å². The fourth-order valence-electron chi connectivity index (χ4n) is 1.52. The van der Waals surface area contributed by atoms with Gasteiger partial charge in [0.1, 0.15) is 5.75 Å². The molecule has 5 heteroatoms. The molecule has 1 aromatic carbocycles. The standard InChI is InChI=1S/C14H18N2O3/c1-9(2)7-14(18)16-12-8-11(15-10(3)17)5-6-13(12)19-4/h5-8H,1-4H3,(H,15,17)(H,16,18). The number of methoxy groups -OCH3 is 1. The Hall–Kier alpha value is -2.30. The minimum absolute atomic E-state index is 0.174. The van der Waals surface area contributed by atoms with Crippen LogP contribution in [0.5, 0.6) is 5.75 Å². The van der Waals surface area contributed by atoms with E-state index >= 15 is 0 Å². The van der Waals surface area contributed by atoms with Crippen LogP contribution in [0.15, 0.2) is 29.8 Å². The second kappa shape index (κ2) is 6.58. The number of carbonyl (C=O) groups excluding carboxylic acids is 2. The van der Waals surface area contributed by atoms with Gasteiger partial charge in [-0.15, -0.1) is 0 Å². The van der Waals surface area contributed by atoms with Crippen LogP contribution in [0.1, 0.15) is 20.8 Å². The van der Waals surface area contributed by atoms with Crippen molar-refractivity contribution in [2.45, 2.75) is 20.8 Å². The summed E-state index contributed by atoms with van der Waals surface area (Å²) in [7, 11) is 1.52. The molecule has 0 aliphatic carbocycles. The van der Waals surface area contributed by atoms with Gasteiger partial charge in [-0.1, -0.05) is 5.57 Å². The third-order valence-corrected chi connectivity index (χ3v) is 2.20. The van der Waals surface area contributed by atoms with Crippen molar-refractivity contribution in [1.82, 2.24) is 0 Å². The predicted molar refractivity (Wildman–Crippen MR) is 75.4 cm³/mol. The van der Waals surface area contributed by atoms with Gasteiger partial charge < -0.3 is 15.4 Å². The molecule has 0 atom stereocenters. The highest BCUT2D eigenvalue weighted by atomic mass is 16.5. The van der Waals surface area contributed by atoms with Crippen LogP contribution in [0.3, 0.4) is 0 Å². The van der Waals surface area contributed by atoms with Gasteiger partial charge in [-0.25, -0.2) is 0 Å². The monoisotopic (exact) mass is 262 g/mol. The number of rotatable bonds is 4. The SMILES string of the molecule is COc1ccc(NC(C)=O)cc1NC(=O)C=C(C)C. The number of anilines is 2. The third-order valence-electron chi connectivity index (χ3n) is 2.20. The van der Waals surface area contributed by atoms with E-state index in [0.29, 0.717) is 17.1 Å². The summed E-state index contributed by atoms with van der Waals surface area (Å²) in [6.07, 6.45) is 1.49. The molecule has 0 bridgehead atoms. The molecule has 0 saturated heterocycles. The van der Waals surface area contributed by atoms with E-state index in [9.17, 15) is 9.59 Å². The quantitative estimate of drug-likeness (QED) is 0.819. The van der Waals surface area contributed by atoms with E-state index in [1.54, 1.807) is 18.2 Å². The highest BCUT2D eigenvalue weighted by Crippen LogP contribution is 2.27. The fourth-order valence-corrected chi connectivity index (χ4v) is 1.52. The molecule has 0 aliphatic rings. The van der Waals surface area contributed by atoms with Crippen molar-refractivity contribution in [3.05, 3.63) is 29.8 Å². The molecule has 1 aromatic rings. The van der Waals surface area contributed by atoms with Crippen molar-refractivity contribution in [2.75, 3.05) is 17.7 Å². The molecule has 0 saturated carbocycles. The van der Waals surface area contributed by atoms with Crippen molar-refractivity contribution < 1.29 is 14.3 Å². The Morgan fingerprint density at radius 2 is 1.84 bits per heavy atom. The summed E-state index contributed by atoms with van der Waals surface area (Å²) in [6.45, 7) is 5.10. The van der Waals surface area contributed by atoms with Crippen LogP contribution in [0.25, 0.3) is 0 Å². The van der Waals surface area contributed by atoms with E-state index < -0.39 is 0 Å². The Kier molecular flexibility index (Phi) is 5.11. The van der Waals surface area contributed by atoms with E-state index in [0.717, 1.165) is 5.57 Å². The first-order valence-electron chi connectivity index (χ1n) is 5.84. The molecule has 0 heterocycles. The topological polar surface area (TPSA) is 67.4 Å². The van der Waals surface area contributed by atoms with Crippen molar-refractivity contribution in [1.29, 1.82) is 0 Å². The lowest BCUT2D eigenvalue weighted by atomic mass is 10.2. The van der Waals surface area contributed by atoms with Crippen LogP contribution in [-0.2, 0) is 9.59 Å². The zero-order valence-electron chi connectivity index (χ0n) is 11.5. The van der Waals surface area contributed by atoms with Crippen LogP contribution in [0.2, 0.25) is 0 Å². The molecule has 0 spiro atoms. The molecule has 19 heavy (non-hydrogen) atoms. The lowest BCUT2D eigenvalue weighted by Gasteiger charge is -2.11. The van der Waals surface area contributed by atoms with E-state index in [4.69, 9.17) is 4.74 Å². The molecule has 0 aliphatic heterocycles. The summed E-state index contributed by atoms with van der Waals surface area (Å²) >= 11 is 0. The van der Waals surface area contributed by atoms with Crippen molar-refractivity contribution in [3.63, 3.8) is 0 Å². The lowest BCUT2D eigenvalue weighted by molar-refractivity contribution is -0.114. The molecule has 1 rings (SSSR count). The van der Waals surface area contributed by atoms with Crippen LogP contribution in [-0.4, -0.2) is 18.9 Å². The summed E-state index contributed by atoms with van der Waals surface area (Å²) in [6, 6.07) is 5.04. The Labute approximate surface area is 112 Å². The minimum Gasteiger partial charge on any atom is -0.495 e. The second-order valence-corrected chi connectivity index (χ2v) is 4.31. The number of ether oxygens (including phenoxy) is 1. The van der Waals surface area contributed by atoms with E-state index in [1.807, 2.05) is 13.8 Å². The molecule has 2 amide bonds. The van der Waals surface area contributed by atoms with E-state index in [1.165, 1.54) is 20.1 Å². The van der Waals surface area contributed by atoms with Crippen LogP contribution >= 0.6 is 0 Å². The largest absolute Gasteiger partial charge is 0.495 e. The van der Waals surface area contributed by atoms with Crippen LogP contribution in [0.4, 0.5) is 11.4 Å². The first-order valence-corrected chi connectivity index (χ1v) is 5.84. The van der Waals surface area contributed by atoms with Crippen molar-refractivity contribution >= 4 is 23.2 Å². The summed E-state index contributed by atoms with van der Waals surface area (Å²) in [4.78, 5) is 22.7. The summed E-state index contributed by atoms with van der Waals surface area (Å²) < 4.78 is 5.16. The fraction of sp³-hybridized carbons (Fsp3) is 0.286. The zero-order valence-corrected chi connectivity index (χ0v) is 11.5. The molecule has 0 radical (unpaired) electrons. The number of hydrogen-bond acceptors (Lipinski definition) is 3. The Morgan fingerprint density at radius 3 is 2.37 bits per heavy atom. The molecule has 0 unspecified atom stereocenters. The number of amides is 2. The highest BCUT2D eigenvalue weighted by Gasteiger charge is 2.07. The zero-order chi connectivity index (χ0) is 14.4. The number of benzene rings is 1. The molecule has 0 aromatic heterocycles. The number of allylic oxidation sites excluding steroid dienone is 1. The predicted octanol–water partition coefficient (Wildman–Crippen LogP) is 2.56. The van der Waals surface area contributed by atoms with Gasteiger partial charge in [0, 0.05) is 18.7 Å². The van der Waals surface area contributed by atoms with E-state index in [-0.39, 0.29) is 11.8 Å². The lowest BCUT2D eigenvalue weighted by Crippen LogP contribution is -2.11. The third kappa shape index (κ3) is 4.83. The smallest absolute Gasteiger partial charge is 0.248 e. The highest BCUT2D eigenvalue weighted by molar-refractivity contribution is 6.01. The average molecular weight is 262 g/mol. The number of hydrogen-bond donors (Lipinski definition) is 2. The van der Waals surface area contributed by atoms with Crippen LogP contribution < -0.4 is 15.4 Å². The van der Waals surface area contributed by atoms with Gasteiger partial charge in [0.25, 0.3) is 0 Å². The van der Waals surface area contributed by atoms with Crippen molar-refractivity contribution in [3.8, 4) is 5.75 Å². The molecule has 5 nitrogen and oxygen atoms in total. The minimum atomic E-state index is -0.238. The molecular weight excluding hydrogens is 244 g/mol. The Bertz CT molecular complexity index is 517. The maximum atomic E-state index is 11.7. The van der Waals surface area contributed by atoms with Gasteiger partial charge in [0.15, 0.2) is 0 Å². The molecule has 102 valence electrons. The van der Waals surface area contributed by atoms with Crippen molar-refractivity contribution in [2.24, 2.45) is 0 Å². The summed E-state index contributed by atoms with van der Waals surface area (Å²) in [5.41, 5.74) is 2.01. The first kappa shape index (κ1) is 14.8. The molecular formula is C14H18N2O3. The number of carbonyl (C=O) groups is 2. The number of nitrogens with one attached hydrogen (secondary N) is 2. The van der Waals surface area contributed by atoms with Gasteiger partial charge in [-0.2, -0.15) is 0 Å². The second-order valence-electron chi connectivity index (χ2n) is 4.31. The van der Waals surface area contributed by atoms with Gasteiger partial charge in [0.2, 0.25) is 11.8 Å². The summed E-state index contributed by atoms with van der Waals surface area (Å²) in [5.74, 6) is 0.120. The average Bonchev–Trinajstić information content (AvgIpc) is 2.27. The summed E-state index contributed by atoms with van der Waals surface area (Å²) in [5, 5.41) is 5.36. The van der Waals surface area contributed by atoms with Gasteiger partial charge in [-0.05, 0) is 32.0 Å². The van der Waals surface area contributed by atoms with Gasteiger partial charge >= 0.3 is 0 Å². The first-order chi connectivity index (χ1) is 8.92.